The van der Waals surface area contributed by atoms with Crippen LogP contribution in [0, 0.1) is 15.9 Å². The molecule has 2 N–H and O–H groups in total. The van der Waals surface area contributed by atoms with E-state index in [0.29, 0.717) is 0 Å². The zero-order valence-electron chi connectivity index (χ0n) is 7.78. The van der Waals surface area contributed by atoms with Crippen molar-refractivity contribution in [1.29, 1.82) is 0 Å². The Morgan fingerprint density at radius 1 is 1.62 bits per heavy atom. The van der Waals surface area contributed by atoms with Gasteiger partial charge in [0, 0.05) is 6.07 Å². The summed E-state index contributed by atoms with van der Waals surface area (Å²) in [6.45, 7) is 0. The number of nitro groups is 1. The molecule has 5 nitrogen and oxygen atoms in total. The zero-order valence-corrected chi connectivity index (χ0v) is 9.30. The molecule has 8 heteroatoms. The Kier molecular flexibility index (Phi) is 4.03. The number of hydrogen-bond acceptors (Lipinski definition) is 3. The number of nitrogens with two attached hydrogens (primary N) is 1. The van der Waals surface area contributed by atoms with Gasteiger partial charge in [-0.15, -0.1) is 11.6 Å². The van der Waals surface area contributed by atoms with Crippen molar-refractivity contribution < 1.29 is 9.31 Å². The van der Waals surface area contributed by atoms with Gasteiger partial charge in [-0.05, 0) is 6.07 Å². The van der Waals surface area contributed by atoms with Crippen LogP contribution >= 0.6 is 23.2 Å². The van der Waals surface area contributed by atoms with Crippen LogP contribution in [0.3, 0.4) is 0 Å². The van der Waals surface area contributed by atoms with Gasteiger partial charge in [-0.25, -0.2) is 9.38 Å². The molecule has 16 heavy (non-hydrogen) atoms. The number of nitro benzene ring substituents is 1. The molecule has 1 rings (SSSR count). The lowest BCUT2D eigenvalue weighted by Gasteiger charge is -2.02. The third kappa shape index (κ3) is 2.59. The van der Waals surface area contributed by atoms with E-state index in [2.05, 4.69) is 4.99 Å². The molecular weight excluding hydrogens is 260 g/mol. The molecule has 0 radical (unpaired) electrons. The van der Waals surface area contributed by atoms with E-state index < -0.39 is 21.5 Å². The molecule has 0 saturated carbocycles. The summed E-state index contributed by atoms with van der Waals surface area (Å²) in [6, 6.07) is 1.85. The zero-order chi connectivity index (χ0) is 12.3. The van der Waals surface area contributed by atoms with Crippen LogP contribution in [-0.4, -0.2) is 16.6 Å². The number of rotatable bonds is 3. The Morgan fingerprint density at radius 3 is 2.75 bits per heavy atom. The smallest absolute Gasteiger partial charge is 0.296 e. The van der Waals surface area contributed by atoms with Gasteiger partial charge in [0.05, 0.1) is 10.8 Å². The van der Waals surface area contributed by atoms with Crippen molar-refractivity contribution in [2.45, 2.75) is 0 Å². The summed E-state index contributed by atoms with van der Waals surface area (Å²) in [7, 11) is 0. The van der Waals surface area contributed by atoms with E-state index in [-0.39, 0.29) is 17.4 Å². The van der Waals surface area contributed by atoms with Gasteiger partial charge in [0.2, 0.25) is 0 Å². The van der Waals surface area contributed by atoms with Crippen molar-refractivity contribution in [3.63, 3.8) is 0 Å². The van der Waals surface area contributed by atoms with Crippen LogP contribution in [0.4, 0.5) is 15.8 Å². The maximum absolute atomic E-state index is 13.1. The minimum atomic E-state index is -0.812. The molecule has 0 unspecified atom stereocenters. The van der Waals surface area contributed by atoms with Gasteiger partial charge in [0.15, 0.2) is 5.69 Å². The molecule has 0 fully saturated rings. The summed E-state index contributed by atoms with van der Waals surface area (Å²) in [4.78, 5) is 13.5. The highest BCUT2D eigenvalue weighted by Gasteiger charge is 2.19. The first-order valence-electron chi connectivity index (χ1n) is 3.98. The van der Waals surface area contributed by atoms with Crippen molar-refractivity contribution >= 4 is 40.4 Å². The number of hydrogen-bond donors (Lipinski definition) is 1. The van der Waals surface area contributed by atoms with E-state index in [4.69, 9.17) is 28.9 Å². The van der Waals surface area contributed by atoms with Gasteiger partial charge in [0.1, 0.15) is 16.7 Å². The van der Waals surface area contributed by atoms with E-state index in [1.54, 1.807) is 0 Å². The molecule has 0 saturated heterocycles. The number of halogens is 3. The maximum atomic E-state index is 13.1. The van der Waals surface area contributed by atoms with Crippen molar-refractivity contribution in [1.82, 2.24) is 0 Å². The molecule has 0 aliphatic rings. The number of benzene rings is 1. The maximum Gasteiger partial charge on any atom is 0.296 e. The summed E-state index contributed by atoms with van der Waals surface area (Å²) in [5.41, 5.74) is 4.55. The van der Waals surface area contributed by atoms with Crippen LogP contribution in [0.15, 0.2) is 17.1 Å². The van der Waals surface area contributed by atoms with E-state index >= 15 is 0 Å². The van der Waals surface area contributed by atoms with Crippen LogP contribution in [0.25, 0.3) is 0 Å². The molecule has 0 heterocycles. The second-order valence-electron chi connectivity index (χ2n) is 2.72. The molecule has 0 atom stereocenters. The van der Waals surface area contributed by atoms with E-state index in [1.807, 2.05) is 0 Å². The van der Waals surface area contributed by atoms with Crippen LogP contribution < -0.4 is 5.73 Å². The van der Waals surface area contributed by atoms with Crippen LogP contribution in [0.5, 0.6) is 0 Å². The second kappa shape index (κ2) is 5.09. The lowest BCUT2D eigenvalue weighted by atomic mass is 10.2. The fourth-order valence-electron chi connectivity index (χ4n) is 0.957. The summed E-state index contributed by atoms with van der Waals surface area (Å²) in [5.74, 6) is -1.03. The van der Waals surface area contributed by atoms with Crippen LogP contribution in [0.1, 0.15) is 0 Å². The molecule has 0 spiro atoms. The third-order valence-electron chi connectivity index (χ3n) is 1.64. The average molecular weight is 266 g/mol. The number of aliphatic imine (C=N–C) groups is 1. The fraction of sp³-hybridized carbons (Fsp3) is 0.125. The standard InChI is InChI=1S/C8H6Cl2FN3O2/c9-3-6(12)13-8-5(14(15)16)2-1-4(11)7(8)10/h1-2H,3H2,(H2,12,13). The molecule has 0 aliphatic carbocycles. The number of amidine groups is 1. The molecule has 0 bridgehead atoms. The second-order valence-corrected chi connectivity index (χ2v) is 3.37. The minimum Gasteiger partial charge on any atom is -0.386 e. The number of alkyl halides is 1. The van der Waals surface area contributed by atoms with Gasteiger partial charge >= 0.3 is 0 Å². The van der Waals surface area contributed by atoms with E-state index in [1.165, 1.54) is 0 Å². The molecular formula is C8H6Cl2FN3O2. The van der Waals surface area contributed by atoms with Gasteiger partial charge in [0.25, 0.3) is 5.69 Å². The molecule has 0 amide bonds. The lowest BCUT2D eigenvalue weighted by Crippen LogP contribution is -2.12. The molecule has 0 aliphatic heterocycles. The summed E-state index contributed by atoms with van der Waals surface area (Å²) >= 11 is 10.9. The highest BCUT2D eigenvalue weighted by molar-refractivity contribution is 6.34. The predicted molar refractivity (Wildman–Crippen MR) is 60.1 cm³/mol. The Hall–Kier alpha value is -1.40. The monoisotopic (exact) mass is 265 g/mol. The van der Waals surface area contributed by atoms with Gasteiger partial charge in [-0.1, -0.05) is 11.6 Å². The highest BCUT2D eigenvalue weighted by Crippen LogP contribution is 2.36. The normalized spacial score (nSPS) is 11.6. The van der Waals surface area contributed by atoms with Crippen molar-refractivity contribution in [3.8, 4) is 0 Å². The first-order chi connectivity index (χ1) is 7.47. The van der Waals surface area contributed by atoms with Crippen molar-refractivity contribution in [2.24, 2.45) is 10.7 Å². The fourth-order valence-corrected chi connectivity index (χ4v) is 1.22. The quantitative estimate of drug-likeness (QED) is 0.300. The van der Waals surface area contributed by atoms with Gasteiger partial charge in [-0.3, -0.25) is 10.1 Å². The van der Waals surface area contributed by atoms with Crippen molar-refractivity contribution in [2.75, 3.05) is 5.88 Å². The first-order valence-corrected chi connectivity index (χ1v) is 4.90. The topological polar surface area (TPSA) is 81.5 Å². The molecule has 1 aromatic carbocycles. The summed E-state index contributed by atoms with van der Waals surface area (Å²) < 4.78 is 13.1. The largest absolute Gasteiger partial charge is 0.386 e. The Bertz CT molecular complexity index is 465. The average Bonchev–Trinajstić information content (AvgIpc) is 2.24. The van der Waals surface area contributed by atoms with Crippen LogP contribution in [0.2, 0.25) is 5.02 Å². The molecule has 1 aromatic rings. The van der Waals surface area contributed by atoms with Crippen LogP contribution in [-0.2, 0) is 0 Å². The van der Waals surface area contributed by atoms with Crippen molar-refractivity contribution in [3.05, 3.63) is 33.1 Å². The molecule has 86 valence electrons. The number of nitrogens with zero attached hydrogens (tertiary/aromatic N) is 2. The van der Waals surface area contributed by atoms with E-state index in [0.717, 1.165) is 12.1 Å². The van der Waals surface area contributed by atoms with E-state index in [9.17, 15) is 14.5 Å². The Labute approximate surface area is 99.8 Å². The molecule has 0 aromatic heterocycles. The lowest BCUT2D eigenvalue weighted by molar-refractivity contribution is -0.384. The summed E-state index contributed by atoms with van der Waals surface area (Å²) in [6.07, 6.45) is 0. The predicted octanol–water partition coefficient (Wildman–Crippen LogP) is 2.61. The first kappa shape index (κ1) is 12.7. The van der Waals surface area contributed by atoms with Gasteiger partial charge < -0.3 is 5.73 Å². The van der Waals surface area contributed by atoms with Gasteiger partial charge in [-0.2, -0.15) is 0 Å². The third-order valence-corrected chi connectivity index (χ3v) is 2.27. The SMILES string of the molecule is NC(CCl)=Nc1c([N+](=O)[O-])ccc(F)c1Cl. The Morgan fingerprint density at radius 2 is 2.25 bits per heavy atom. The summed E-state index contributed by atoms with van der Waals surface area (Å²) in [5, 5.41) is 10.2. The highest BCUT2D eigenvalue weighted by atomic mass is 35.5. The Balaban J connectivity index is 3.43. The minimum absolute atomic E-state index is 0.0859.